The van der Waals surface area contributed by atoms with Gasteiger partial charge in [-0.2, -0.15) is 4.31 Å². The zero-order valence-electron chi connectivity index (χ0n) is 14.1. The fraction of sp³-hybridized carbons (Fsp3) is 0.933. The maximum atomic E-state index is 12.9. The summed E-state index contributed by atoms with van der Waals surface area (Å²) in [6.45, 7) is 5.60. The van der Waals surface area contributed by atoms with Crippen LogP contribution in [0.5, 0.6) is 0 Å². The van der Waals surface area contributed by atoms with Crippen LogP contribution in [0.2, 0.25) is 0 Å². The van der Waals surface area contributed by atoms with Gasteiger partial charge in [0.1, 0.15) is 6.04 Å². The molecule has 0 aromatic rings. The second-order valence-corrected chi connectivity index (χ2v) is 8.66. The van der Waals surface area contributed by atoms with Crippen LogP contribution in [0.3, 0.4) is 0 Å². The Kier molecular flexibility index (Phi) is 7.77. The lowest BCUT2D eigenvalue weighted by molar-refractivity contribution is -0.136. The molecule has 0 spiro atoms. The Balaban J connectivity index is 0.00000264. The lowest BCUT2D eigenvalue weighted by Gasteiger charge is -2.37. The van der Waals surface area contributed by atoms with Crippen LogP contribution in [0.4, 0.5) is 0 Å². The Morgan fingerprint density at radius 3 is 2.57 bits per heavy atom. The number of nitrogens with two attached hydrogens (primary N) is 1. The molecule has 2 saturated heterocycles. The van der Waals surface area contributed by atoms with Crippen molar-refractivity contribution in [3.8, 4) is 0 Å². The van der Waals surface area contributed by atoms with E-state index in [1.54, 1.807) is 0 Å². The monoisotopic (exact) mass is 367 g/mol. The summed E-state index contributed by atoms with van der Waals surface area (Å²) in [7, 11) is -3.33. The standard InChI is InChI=1S/C15H29N3O3S.ClH/c1-3-8-22(20,21)18-7-5-4-6-14(18)15(19)17-11-13(10-16)9-12(17)2;/h12-14H,3-11,16H2,1-2H3;1H. The van der Waals surface area contributed by atoms with Crippen molar-refractivity contribution in [2.24, 2.45) is 11.7 Å². The summed E-state index contributed by atoms with van der Waals surface area (Å²) < 4.78 is 26.4. The molecule has 8 heteroatoms. The van der Waals surface area contributed by atoms with Crippen LogP contribution in [0.25, 0.3) is 0 Å². The minimum absolute atomic E-state index is 0. The van der Waals surface area contributed by atoms with E-state index in [9.17, 15) is 13.2 Å². The number of carbonyl (C=O) groups excluding carboxylic acids is 1. The average molecular weight is 368 g/mol. The first kappa shape index (κ1) is 20.7. The van der Waals surface area contributed by atoms with Crippen LogP contribution in [0.15, 0.2) is 0 Å². The maximum Gasteiger partial charge on any atom is 0.241 e. The van der Waals surface area contributed by atoms with Gasteiger partial charge < -0.3 is 10.6 Å². The third-order valence-electron chi connectivity index (χ3n) is 4.84. The largest absolute Gasteiger partial charge is 0.338 e. The molecule has 0 aliphatic carbocycles. The molecular formula is C15H30ClN3O3S. The van der Waals surface area contributed by atoms with Gasteiger partial charge in [0.05, 0.1) is 5.75 Å². The molecule has 6 nitrogen and oxygen atoms in total. The number of rotatable bonds is 5. The zero-order valence-corrected chi connectivity index (χ0v) is 15.7. The van der Waals surface area contributed by atoms with E-state index in [2.05, 4.69) is 0 Å². The quantitative estimate of drug-likeness (QED) is 0.791. The molecule has 0 radical (unpaired) electrons. The average Bonchev–Trinajstić information content (AvgIpc) is 2.87. The second-order valence-electron chi connectivity index (χ2n) is 6.62. The van der Waals surface area contributed by atoms with Crippen LogP contribution in [-0.2, 0) is 14.8 Å². The molecule has 2 aliphatic heterocycles. The summed E-state index contributed by atoms with van der Waals surface area (Å²) in [6, 6.07) is -0.358. The van der Waals surface area contributed by atoms with Gasteiger partial charge in [-0.25, -0.2) is 8.42 Å². The predicted molar refractivity (Wildman–Crippen MR) is 94.0 cm³/mol. The molecule has 1 amide bonds. The molecule has 0 aromatic carbocycles. The normalized spacial score (nSPS) is 29.3. The lowest BCUT2D eigenvalue weighted by Crippen LogP contribution is -2.54. The van der Waals surface area contributed by atoms with Crippen molar-refractivity contribution in [3.63, 3.8) is 0 Å². The number of likely N-dealkylation sites (tertiary alicyclic amines) is 1. The molecule has 0 aromatic heterocycles. The fourth-order valence-corrected chi connectivity index (χ4v) is 5.41. The van der Waals surface area contributed by atoms with Crippen molar-refractivity contribution >= 4 is 28.3 Å². The highest BCUT2D eigenvalue weighted by Gasteiger charge is 2.41. The van der Waals surface area contributed by atoms with Gasteiger partial charge in [0.25, 0.3) is 0 Å². The first-order valence-electron chi connectivity index (χ1n) is 8.40. The number of piperidine rings is 1. The summed E-state index contributed by atoms with van der Waals surface area (Å²) in [5, 5.41) is 0. The van der Waals surface area contributed by atoms with E-state index in [-0.39, 0.29) is 30.1 Å². The van der Waals surface area contributed by atoms with E-state index in [4.69, 9.17) is 5.73 Å². The van der Waals surface area contributed by atoms with E-state index >= 15 is 0 Å². The molecule has 2 heterocycles. The highest BCUT2D eigenvalue weighted by atomic mass is 35.5. The fourth-order valence-electron chi connectivity index (χ4n) is 3.67. The number of carbonyl (C=O) groups is 1. The van der Waals surface area contributed by atoms with E-state index in [0.29, 0.717) is 38.4 Å². The van der Waals surface area contributed by atoms with Crippen molar-refractivity contribution in [1.29, 1.82) is 0 Å². The van der Waals surface area contributed by atoms with E-state index in [1.165, 1.54) is 4.31 Å². The highest BCUT2D eigenvalue weighted by Crippen LogP contribution is 2.28. The highest BCUT2D eigenvalue weighted by molar-refractivity contribution is 7.89. The molecule has 3 unspecified atom stereocenters. The first-order valence-corrected chi connectivity index (χ1v) is 10.0. The Labute approximate surface area is 146 Å². The molecule has 2 rings (SSSR count). The van der Waals surface area contributed by atoms with Crippen molar-refractivity contribution in [2.45, 2.75) is 58.0 Å². The SMILES string of the molecule is CCCS(=O)(=O)N1CCCCC1C(=O)N1CC(CN)CC1C.Cl. The second kappa shape index (κ2) is 8.65. The van der Waals surface area contributed by atoms with Gasteiger partial charge in [-0.05, 0) is 45.1 Å². The smallest absolute Gasteiger partial charge is 0.241 e. The molecule has 2 N–H and O–H groups in total. The Bertz CT molecular complexity index is 500. The van der Waals surface area contributed by atoms with E-state index < -0.39 is 16.1 Å². The summed E-state index contributed by atoms with van der Waals surface area (Å²) in [4.78, 5) is 14.8. The Morgan fingerprint density at radius 1 is 1.30 bits per heavy atom. The van der Waals surface area contributed by atoms with Crippen LogP contribution in [0, 0.1) is 5.92 Å². The predicted octanol–water partition coefficient (Wildman–Crippen LogP) is 1.20. The van der Waals surface area contributed by atoms with Gasteiger partial charge in [-0.1, -0.05) is 13.3 Å². The summed E-state index contributed by atoms with van der Waals surface area (Å²) >= 11 is 0. The van der Waals surface area contributed by atoms with Crippen LogP contribution in [0.1, 0.15) is 46.0 Å². The number of sulfonamides is 1. The minimum atomic E-state index is -3.33. The van der Waals surface area contributed by atoms with Gasteiger partial charge in [0, 0.05) is 19.1 Å². The van der Waals surface area contributed by atoms with Crippen LogP contribution < -0.4 is 5.73 Å². The summed E-state index contributed by atoms with van der Waals surface area (Å²) in [5.74, 6) is 0.434. The van der Waals surface area contributed by atoms with Crippen LogP contribution in [-0.4, -0.2) is 61.0 Å². The van der Waals surface area contributed by atoms with E-state index in [1.807, 2.05) is 18.7 Å². The van der Waals surface area contributed by atoms with Crippen molar-refractivity contribution in [3.05, 3.63) is 0 Å². The molecular weight excluding hydrogens is 338 g/mol. The van der Waals surface area contributed by atoms with Crippen molar-refractivity contribution < 1.29 is 13.2 Å². The minimum Gasteiger partial charge on any atom is -0.338 e. The van der Waals surface area contributed by atoms with Gasteiger partial charge in [0.2, 0.25) is 15.9 Å². The van der Waals surface area contributed by atoms with Gasteiger partial charge in [-0.15, -0.1) is 12.4 Å². The molecule has 0 bridgehead atoms. The van der Waals surface area contributed by atoms with Gasteiger partial charge >= 0.3 is 0 Å². The number of nitrogens with zero attached hydrogens (tertiary/aromatic N) is 2. The Hall–Kier alpha value is -0.370. The molecule has 2 aliphatic rings. The topological polar surface area (TPSA) is 83.7 Å². The third-order valence-corrected chi connectivity index (χ3v) is 6.91. The lowest BCUT2D eigenvalue weighted by atomic mass is 10.0. The molecule has 0 saturated carbocycles. The molecule has 2 fully saturated rings. The van der Waals surface area contributed by atoms with Crippen molar-refractivity contribution in [2.75, 3.05) is 25.4 Å². The number of hydrogen-bond donors (Lipinski definition) is 1. The number of amides is 1. The third kappa shape index (κ3) is 4.59. The zero-order chi connectivity index (χ0) is 16.3. The summed E-state index contributed by atoms with van der Waals surface area (Å²) in [6.07, 6.45) is 3.88. The maximum absolute atomic E-state index is 12.9. The van der Waals surface area contributed by atoms with Crippen molar-refractivity contribution in [1.82, 2.24) is 9.21 Å². The van der Waals surface area contributed by atoms with Crippen LogP contribution >= 0.6 is 12.4 Å². The molecule has 23 heavy (non-hydrogen) atoms. The van der Waals surface area contributed by atoms with Gasteiger partial charge in [-0.3, -0.25) is 4.79 Å². The molecule has 136 valence electrons. The Morgan fingerprint density at radius 2 is 2.00 bits per heavy atom. The summed E-state index contributed by atoms with van der Waals surface area (Å²) in [5.41, 5.74) is 5.73. The van der Waals surface area contributed by atoms with Gasteiger partial charge in [0.15, 0.2) is 0 Å². The molecule has 3 atom stereocenters. The van der Waals surface area contributed by atoms with E-state index in [0.717, 1.165) is 19.3 Å². The number of hydrogen-bond acceptors (Lipinski definition) is 4. The first-order chi connectivity index (χ1) is 10.4. The number of halogens is 1.